The molecule has 17 heavy (non-hydrogen) atoms. The van der Waals surface area contributed by atoms with E-state index in [1.165, 1.54) is 0 Å². The maximum Gasteiger partial charge on any atom is 0.316 e. The molecule has 1 atom stereocenters. The van der Waals surface area contributed by atoms with Gasteiger partial charge in [-0.15, -0.1) is 0 Å². The smallest absolute Gasteiger partial charge is 0.316 e. The summed E-state index contributed by atoms with van der Waals surface area (Å²) in [6, 6.07) is 4.87. The second kappa shape index (κ2) is 5.05. The lowest BCUT2D eigenvalue weighted by Crippen LogP contribution is -2.20. The Morgan fingerprint density at radius 2 is 2.41 bits per heavy atom. The standard InChI is InChI=1S/C12H16N2O3/c1-8-2-3-9(14-12(13)15)6-11(8)17-10-4-5-16-7-10/h2-3,6,10H,4-5,7H2,1H3,(H3,13,14,15)/t10-/m1/s1. The summed E-state index contributed by atoms with van der Waals surface area (Å²) >= 11 is 0. The lowest BCUT2D eigenvalue weighted by molar-refractivity contribution is 0.141. The van der Waals surface area contributed by atoms with Gasteiger partial charge in [-0.05, 0) is 18.6 Å². The Balaban J connectivity index is 2.10. The summed E-state index contributed by atoms with van der Waals surface area (Å²) in [5.41, 5.74) is 6.72. The Morgan fingerprint density at radius 1 is 1.59 bits per heavy atom. The highest BCUT2D eigenvalue weighted by molar-refractivity contribution is 5.88. The van der Waals surface area contributed by atoms with Crippen LogP contribution in [0.5, 0.6) is 5.75 Å². The van der Waals surface area contributed by atoms with Crippen LogP contribution in [0.3, 0.4) is 0 Å². The number of rotatable bonds is 3. The van der Waals surface area contributed by atoms with Crippen molar-refractivity contribution in [2.24, 2.45) is 5.73 Å². The van der Waals surface area contributed by atoms with E-state index in [1.807, 2.05) is 13.0 Å². The number of primary amides is 1. The molecule has 92 valence electrons. The average Bonchev–Trinajstić information content (AvgIpc) is 2.75. The predicted octanol–water partition coefficient (Wildman–Crippen LogP) is 1.65. The average molecular weight is 236 g/mol. The minimum absolute atomic E-state index is 0.0949. The molecule has 2 amide bonds. The summed E-state index contributed by atoms with van der Waals surface area (Å²) in [4.78, 5) is 10.8. The highest BCUT2D eigenvalue weighted by Gasteiger charge is 2.18. The molecule has 0 saturated carbocycles. The lowest BCUT2D eigenvalue weighted by atomic mass is 10.2. The van der Waals surface area contributed by atoms with Crippen LogP contribution in [0.4, 0.5) is 10.5 Å². The number of aryl methyl sites for hydroxylation is 1. The first-order chi connectivity index (χ1) is 8.15. The topological polar surface area (TPSA) is 73.6 Å². The molecule has 0 aliphatic carbocycles. The van der Waals surface area contributed by atoms with Crippen molar-refractivity contribution in [1.29, 1.82) is 0 Å². The number of amides is 2. The van der Waals surface area contributed by atoms with E-state index in [1.54, 1.807) is 12.1 Å². The van der Waals surface area contributed by atoms with E-state index in [0.717, 1.165) is 24.3 Å². The molecule has 1 aliphatic heterocycles. The van der Waals surface area contributed by atoms with E-state index in [0.29, 0.717) is 12.3 Å². The third-order valence-electron chi connectivity index (χ3n) is 2.64. The van der Waals surface area contributed by atoms with Crippen LogP contribution in [0.1, 0.15) is 12.0 Å². The minimum atomic E-state index is -0.580. The number of urea groups is 1. The SMILES string of the molecule is Cc1ccc(NC(N)=O)cc1O[C@@H]1CCOC1. The number of nitrogens with two attached hydrogens (primary N) is 1. The first-order valence-electron chi connectivity index (χ1n) is 5.56. The molecular formula is C12H16N2O3. The maximum atomic E-state index is 10.8. The van der Waals surface area contributed by atoms with Crippen LogP contribution in [0.2, 0.25) is 0 Å². The molecule has 1 heterocycles. The van der Waals surface area contributed by atoms with Gasteiger partial charge in [-0.3, -0.25) is 0 Å². The van der Waals surface area contributed by atoms with Gasteiger partial charge in [0.1, 0.15) is 11.9 Å². The number of carbonyl (C=O) groups excluding carboxylic acids is 1. The quantitative estimate of drug-likeness (QED) is 0.838. The Kier molecular flexibility index (Phi) is 3.49. The fourth-order valence-corrected chi connectivity index (χ4v) is 1.73. The van der Waals surface area contributed by atoms with E-state index in [9.17, 15) is 4.79 Å². The van der Waals surface area contributed by atoms with Gasteiger partial charge < -0.3 is 20.5 Å². The molecule has 0 spiro atoms. The molecule has 2 rings (SSSR count). The summed E-state index contributed by atoms with van der Waals surface area (Å²) in [5.74, 6) is 0.756. The fourth-order valence-electron chi connectivity index (χ4n) is 1.73. The third-order valence-corrected chi connectivity index (χ3v) is 2.64. The Labute approximate surface area is 99.9 Å². The van der Waals surface area contributed by atoms with Crippen molar-refractivity contribution < 1.29 is 14.3 Å². The van der Waals surface area contributed by atoms with Gasteiger partial charge in [0.05, 0.1) is 13.2 Å². The van der Waals surface area contributed by atoms with Gasteiger partial charge in [0.2, 0.25) is 0 Å². The second-order valence-electron chi connectivity index (χ2n) is 4.07. The molecule has 5 heteroatoms. The Bertz CT molecular complexity index is 414. The first-order valence-corrected chi connectivity index (χ1v) is 5.56. The number of hydrogen-bond acceptors (Lipinski definition) is 3. The molecule has 0 aromatic heterocycles. The number of anilines is 1. The van der Waals surface area contributed by atoms with Gasteiger partial charge in [0.15, 0.2) is 0 Å². The van der Waals surface area contributed by atoms with E-state index in [2.05, 4.69) is 5.32 Å². The molecule has 1 fully saturated rings. The van der Waals surface area contributed by atoms with Crippen molar-refractivity contribution in [1.82, 2.24) is 0 Å². The fraction of sp³-hybridized carbons (Fsp3) is 0.417. The second-order valence-corrected chi connectivity index (χ2v) is 4.07. The van der Waals surface area contributed by atoms with Crippen molar-refractivity contribution in [3.63, 3.8) is 0 Å². The summed E-state index contributed by atoms with van der Waals surface area (Å²) in [6.07, 6.45) is 0.991. The van der Waals surface area contributed by atoms with E-state index < -0.39 is 6.03 Å². The molecule has 5 nitrogen and oxygen atoms in total. The van der Waals surface area contributed by atoms with Gasteiger partial charge in [-0.2, -0.15) is 0 Å². The first kappa shape index (κ1) is 11.7. The zero-order valence-corrected chi connectivity index (χ0v) is 9.73. The number of hydrogen-bond donors (Lipinski definition) is 2. The van der Waals surface area contributed by atoms with Gasteiger partial charge in [0.25, 0.3) is 0 Å². The van der Waals surface area contributed by atoms with Crippen LogP contribution in [0.25, 0.3) is 0 Å². The zero-order valence-electron chi connectivity index (χ0n) is 9.73. The van der Waals surface area contributed by atoms with Crippen molar-refractivity contribution >= 4 is 11.7 Å². The van der Waals surface area contributed by atoms with Crippen LogP contribution in [0, 0.1) is 6.92 Å². The molecule has 0 bridgehead atoms. The molecule has 3 N–H and O–H groups in total. The van der Waals surface area contributed by atoms with Crippen LogP contribution in [0.15, 0.2) is 18.2 Å². The monoisotopic (exact) mass is 236 g/mol. The summed E-state index contributed by atoms with van der Waals surface area (Å²) < 4.78 is 11.1. The normalized spacial score (nSPS) is 19.0. The molecular weight excluding hydrogens is 220 g/mol. The van der Waals surface area contributed by atoms with Gasteiger partial charge in [0, 0.05) is 18.2 Å². The molecule has 1 saturated heterocycles. The molecule has 0 unspecified atom stereocenters. The maximum absolute atomic E-state index is 10.8. The van der Waals surface area contributed by atoms with Gasteiger partial charge >= 0.3 is 6.03 Å². The van der Waals surface area contributed by atoms with Gasteiger partial charge in [-0.1, -0.05) is 6.07 Å². The van der Waals surface area contributed by atoms with Crippen molar-refractivity contribution in [3.05, 3.63) is 23.8 Å². The minimum Gasteiger partial charge on any atom is -0.488 e. The highest BCUT2D eigenvalue weighted by Crippen LogP contribution is 2.25. The van der Waals surface area contributed by atoms with E-state index in [-0.39, 0.29) is 6.10 Å². The third kappa shape index (κ3) is 3.10. The van der Waals surface area contributed by atoms with Crippen LogP contribution < -0.4 is 15.8 Å². The van der Waals surface area contributed by atoms with E-state index >= 15 is 0 Å². The Hall–Kier alpha value is -1.75. The number of ether oxygens (including phenoxy) is 2. The summed E-state index contributed by atoms with van der Waals surface area (Å²) in [6.45, 7) is 3.31. The zero-order chi connectivity index (χ0) is 12.3. The largest absolute Gasteiger partial charge is 0.488 e. The molecule has 1 aliphatic rings. The lowest BCUT2D eigenvalue weighted by Gasteiger charge is -2.15. The van der Waals surface area contributed by atoms with Crippen molar-refractivity contribution in [2.75, 3.05) is 18.5 Å². The van der Waals surface area contributed by atoms with Crippen molar-refractivity contribution in [3.8, 4) is 5.75 Å². The number of benzene rings is 1. The number of nitrogens with one attached hydrogen (secondary N) is 1. The summed E-state index contributed by atoms with van der Waals surface area (Å²) in [5, 5.41) is 2.52. The van der Waals surface area contributed by atoms with E-state index in [4.69, 9.17) is 15.2 Å². The van der Waals surface area contributed by atoms with Crippen molar-refractivity contribution in [2.45, 2.75) is 19.4 Å². The van der Waals surface area contributed by atoms with Crippen LogP contribution in [-0.4, -0.2) is 25.3 Å². The number of carbonyl (C=O) groups is 1. The molecule has 1 aromatic rings. The van der Waals surface area contributed by atoms with Gasteiger partial charge in [-0.25, -0.2) is 4.79 Å². The summed E-state index contributed by atoms with van der Waals surface area (Å²) in [7, 11) is 0. The van der Waals surface area contributed by atoms with Crippen LogP contribution >= 0.6 is 0 Å². The Morgan fingerprint density at radius 3 is 3.06 bits per heavy atom. The predicted molar refractivity (Wildman–Crippen MR) is 64.2 cm³/mol. The highest BCUT2D eigenvalue weighted by atomic mass is 16.5. The molecule has 0 radical (unpaired) electrons. The van der Waals surface area contributed by atoms with Crippen LogP contribution in [-0.2, 0) is 4.74 Å². The molecule has 1 aromatic carbocycles.